The molecule has 1 amide bonds. The lowest BCUT2D eigenvalue weighted by molar-refractivity contribution is -0.125. The number of hydrogen-bond acceptors (Lipinski definition) is 4. The molecule has 20 heavy (non-hydrogen) atoms. The van der Waals surface area contributed by atoms with Crippen LogP contribution in [0, 0.1) is 19.8 Å². The van der Waals surface area contributed by atoms with E-state index in [-0.39, 0.29) is 17.4 Å². The fraction of sp³-hybridized carbons (Fsp3) is 0.667. The van der Waals surface area contributed by atoms with Crippen molar-refractivity contribution in [1.29, 1.82) is 0 Å². The molecular weight excluding hydrogens is 252 g/mol. The van der Waals surface area contributed by atoms with E-state index in [4.69, 9.17) is 0 Å². The highest BCUT2D eigenvalue weighted by molar-refractivity contribution is 5.80. The Morgan fingerprint density at radius 2 is 2.05 bits per heavy atom. The van der Waals surface area contributed by atoms with Crippen molar-refractivity contribution in [2.24, 2.45) is 5.92 Å². The Morgan fingerprint density at radius 3 is 2.65 bits per heavy atom. The van der Waals surface area contributed by atoms with E-state index in [1.807, 2.05) is 40.7 Å². The van der Waals surface area contributed by atoms with Crippen molar-refractivity contribution >= 4 is 11.7 Å². The van der Waals surface area contributed by atoms with E-state index >= 15 is 0 Å². The Balaban J connectivity index is 2.03. The smallest absolute Gasteiger partial charge is 0.225 e. The first-order valence-electron chi connectivity index (χ1n) is 7.14. The highest BCUT2D eigenvalue weighted by Gasteiger charge is 2.30. The summed E-state index contributed by atoms with van der Waals surface area (Å²) in [5.41, 5.74) is 0.794. The summed E-state index contributed by atoms with van der Waals surface area (Å²) in [6.07, 6.45) is 0.879. The Bertz CT molecular complexity index is 487. The van der Waals surface area contributed by atoms with Crippen LogP contribution in [0.1, 0.15) is 38.7 Å². The van der Waals surface area contributed by atoms with Crippen molar-refractivity contribution in [3.63, 3.8) is 0 Å². The van der Waals surface area contributed by atoms with Crippen LogP contribution in [0.4, 0.5) is 5.82 Å². The average Bonchev–Trinajstić information content (AvgIpc) is 2.74. The van der Waals surface area contributed by atoms with Crippen molar-refractivity contribution < 1.29 is 4.79 Å². The molecule has 2 heterocycles. The van der Waals surface area contributed by atoms with Crippen molar-refractivity contribution in [3.8, 4) is 0 Å². The Kier molecular flexibility index (Phi) is 3.97. The van der Waals surface area contributed by atoms with Crippen LogP contribution >= 0.6 is 0 Å². The van der Waals surface area contributed by atoms with Gasteiger partial charge in [-0.2, -0.15) is 0 Å². The molecule has 0 aliphatic carbocycles. The molecule has 1 saturated heterocycles. The van der Waals surface area contributed by atoms with Gasteiger partial charge in [0.15, 0.2) is 0 Å². The highest BCUT2D eigenvalue weighted by atomic mass is 16.2. The molecule has 0 aromatic carbocycles. The number of aromatic nitrogens is 2. The maximum Gasteiger partial charge on any atom is 0.225 e. The number of carbonyl (C=O) groups is 1. The second-order valence-electron chi connectivity index (χ2n) is 6.59. The van der Waals surface area contributed by atoms with Gasteiger partial charge in [0.1, 0.15) is 11.6 Å². The number of nitrogens with zero attached hydrogens (tertiary/aromatic N) is 3. The molecule has 1 N–H and O–H groups in total. The second kappa shape index (κ2) is 5.38. The van der Waals surface area contributed by atoms with Crippen molar-refractivity contribution in [2.45, 2.75) is 46.6 Å². The summed E-state index contributed by atoms with van der Waals surface area (Å²) in [7, 11) is 0. The van der Waals surface area contributed by atoms with E-state index in [1.165, 1.54) is 0 Å². The van der Waals surface area contributed by atoms with Crippen LogP contribution < -0.4 is 10.2 Å². The van der Waals surface area contributed by atoms with Gasteiger partial charge in [0.25, 0.3) is 0 Å². The summed E-state index contributed by atoms with van der Waals surface area (Å²) in [4.78, 5) is 23.1. The largest absolute Gasteiger partial charge is 0.356 e. The molecule has 1 aromatic rings. The zero-order valence-corrected chi connectivity index (χ0v) is 13.0. The number of rotatable bonds is 2. The van der Waals surface area contributed by atoms with Gasteiger partial charge in [-0.05, 0) is 41.0 Å². The molecule has 0 saturated carbocycles. The molecule has 1 aromatic heterocycles. The number of nitrogens with one attached hydrogen (secondary N) is 1. The molecule has 110 valence electrons. The summed E-state index contributed by atoms with van der Waals surface area (Å²) in [5, 5.41) is 3.06. The summed E-state index contributed by atoms with van der Waals surface area (Å²) in [6.45, 7) is 11.5. The normalized spacial score (nSPS) is 19.2. The van der Waals surface area contributed by atoms with Crippen LogP contribution in [0.2, 0.25) is 0 Å². The van der Waals surface area contributed by atoms with Gasteiger partial charge in [0, 0.05) is 30.4 Å². The zero-order valence-electron chi connectivity index (χ0n) is 13.0. The minimum Gasteiger partial charge on any atom is -0.356 e. The van der Waals surface area contributed by atoms with Gasteiger partial charge >= 0.3 is 0 Å². The van der Waals surface area contributed by atoms with E-state index in [1.54, 1.807) is 0 Å². The molecule has 1 atom stereocenters. The molecule has 2 rings (SSSR count). The van der Waals surface area contributed by atoms with Crippen LogP contribution in [0.3, 0.4) is 0 Å². The predicted octanol–water partition coefficient (Wildman–Crippen LogP) is 1.83. The molecule has 1 fully saturated rings. The molecule has 1 unspecified atom stereocenters. The van der Waals surface area contributed by atoms with E-state index in [9.17, 15) is 4.79 Å². The Labute approximate surface area is 120 Å². The minimum atomic E-state index is -0.174. The average molecular weight is 276 g/mol. The lowest BCUT2D eigenvalue weighted by atomic mass is 10.0. The first-order valence-corrected chi connectivity index (χ1v) is 7.14. The third kappa shape index (κ3) is 3.68. The fourth-order valence-electron chi connectivity index (χ4n) is 2.51. The van der Waals surface area contributed by atoms with Crippen LogP contribution in [-0.2, 0) is 4.79 Å². The maximum absolute atomic E-state index is 12.2. The lowest BCUT2D eigenvalue weighted by Gasteiger charge is -2.23. The number of anilines is 1. The quantitative estimate of drug-likeness (QED) is 0.895. The maximum atomic E-state index is 12.2. The van der Waals surface area contributed by atoms with Gasteiger partial charge in [-0.15, -0.1) is 0 Å². The van der Waals surface area contributed by atoms with E-state index < -0.39 is 0 Å². The van der Waals surface area contributed by atoms with Gasteiger partial charge in [-0.3, -0.25) is 4.79 Å². The number of hydrogen-bond donors (Lipinski definition) is 1. The van der Waals surface area contributed by atoms with Crippen LogP contribution in [-0.4, -0.2) is 34.5 Å². The molecule has 1 aliphatic heterocycles. The topological polar surface area (TPSA) is 58.1 Å². The van der Waals surface area contributed by atoms with Gasteiger partial charge in [-0.1, -0.05) is 0 Å². The monoisotopic (exact) mass is 276 g/mol. The zero-order chi connectivity index (χ0) is 14.9. The van der Waals surface area contributed by atoms with E-state index in [0.717, 1.165) is 36.8 Å². The number of aryl methyl sites for hydroxylation is 2. The third-order valence-electron chi connectivity index (χ3n) is 3.33. The van der Waals surface area contributed by atoms with Crippen LogP contribution in [0.15, 0.2) is 6.07 Å². The summed E-state index contributed by atoms with van der Waals surface area (Å²) < 4.78 is 0. The van der Waals surface area contributed by atoms with E-state index in [0.29, 0.717) is 0 Å². The molecule has 5 nitrogen and oxygen atoms in total. The lowest BCUT2D eigenvalue weighted by Crippen LogP contribution is -2.44. The van der Waals surface area contributed by atoms with Gasteiger partial charge in [-0.25, -0.2) is 9.97 Å². The second-order valence-corrected chi connectivity index (χ2v) is 6.59. The molecule has 0 radical (unpaired) electrons. The molecular formula is C15H24N4O. The number of carbonyl (C=O) groups excluding carboxylic acids is 1. The van der Waals surface area contributed by atoms with Crippen molar-refractivity contribution in [2.75, 3.05) is 18.0 Å². The number of amides is 1. The molecule has 0 bridgehead atoms. The van der Waals surface area contributed by atoms with Gasteiger partial charge in [0.2, 0.25) is 5.91 Å². The van der Waals surface area contributed by atoms with Crippen molar-refractivity contribution in [3.05, 3.63) is 17.6 Å². The molecule has 1 aliphatic rings. The Hall–Kier alpha value is -1.65. The van der Waals surface area contributed by atoms with E-state index in [2.05, 4.69) is 20.2 Å². The highest BCUT2D eigenvalue weighted by Crippen LogP contribution is 2.23. The standard InChI is InChI=1S/C15H24N4O/c1-10-8-13(17-11(2)16-10)19-7-6-12(9-19)14(20)18-15(3,4)5/h8,12H,6-7,9H2,1-5H3,(H,18,20). The fourth-order valence-corrected chi connectivity index (χ4v) is 2.51. The van der Waals surface area contributed by atoms with Crippen molar-refractivity contribution in [1.82, 2.24) is 15.3 Å². The predicted molar refractivity (Wildman–Crippen MR) is 79.7 cm³/mol. The first kappa shape index (κ1) is 14.8. The van der Waals surface area contributed by atoms with Gasteiger partial charge < -0.3 is 10.2 Å². The van der Waals surface area contributed by atoms with Crippen LogP contribution in [0.25, 0.3) is 0 Å². The SMILES string of the molecule is Cc1cc(N2CCC(C(=O)NC(C)(C)C)C2)nc(C)n1. The summed E-state index contributed by atoms with van der Waals surface area (Å²) >= 11 is 0. The summed E-state index contributed by atoms with van der Waals surface area (Å²) in [5.74, 6) is 1.90. The minimum absolute atomic E-state index is 0.0461. The summed E-state index contributed by atoms with van der Waals surface area (Å²) in [6, 6.07) is 1.98. The Morgan fingerprint density at radius 1 is 1.35 bits per heavy atom. The molecule has 5 heteroatoms. The van der Waals surface area contributed by atoms with Crippen LogP contribution in [0.5, 0.6) is 0 Å². The third-order valence-corrected chi connectivity index (χ3v) is 3.33. The van der Waals surface area contributed by atoms with Gasteiger partial charge in [0.05, 0.1) is 5.92 Å². The molecule has 0 spiro atoms. The first-order chi connectivity index (χ1) is 9.24.